The molecule has 0 spiro atoms. The molecule has 2 unspecified atom stereocenters. The van der Waals surface area contributed by atoms with E-state index in [2.05, 4.69) is 54.9 Å². The summed E-state index contributed by atoms with van der Waals surface area (Å²) in [5, 5.41) is 7.31. The lowest BCUT2D eigenvalue weighted by molar-refractivity contribution is 0.132. The molecule has 1 aromatic carbocycles. The number of nitrogens with one attached hydrogen (secondary N) is 2. The lowest BCUT2D eigenvalue weighted by Gasteiger charge is -2.48. The molecule has 2 aliphatic rings. The molecule has 0 radical (unpaired) electrons. The first-order valence-electron chi connectivity index (χ1n) is 7.26. The molecule has 2 heteroatoms. The summed E-state index contributed by atoms with van der Waals surface area (Å²) in [6.07, 6.45) is 5.14. The second kappa shape index (κ2) is 4.67. The third-order valence-corrected chi connectivity index (χ3v) is 4.95. The van der Waals surface area contributed by atoms with Crippen LogP contribution in [0.1, 0.15) is 44.1 Å². The molecule has 2 N–H and O–H groups in total. The van der Waals surface area contributed by atoms with Gasteiger partial charge in [-0.25, -0.2) is 0 Å². The van der Waals surface area contributed by atoms with E-state index in [1.165, 1.54) is 31.2 Å². The monoisotopic (exact) mass is 244 g/mol. The van der Waals surface area contributed by atoms with Gasteiger partial charge in [0.15, 0.2) is 0 Å². The zero-order chi connectivity index (χ0) is 12.6. The standard InChI is InChI=1S/C16H24N2/c1-3-16(17-2)10-13(11-16)18-15-9-14(15)12-7-5-4-6-8-12/h4-8,13-15,17-18H,3,9-11H2,1-2H3. The molecule has 2 saturated carbocycles. The molecular formula is C16H24N2. The van der Waals surface area contributed by atoms with Gasteiger partial charge in [0.25, 0.3) is 0 Å². The van der Waals surface area contributed by atoms with Crippen molar-refractivity contribution in [3.8, 4) is 0 Å². The van der Waals surface area contributed by atoms with Crippen LogP contribution in [-0.2, 0) is 0 Å². The van der Waals surface area contributed by atoms with Gasteiger partial charge in [0, 0.05) is 23.5 Å². The van der Waals surface area contributed by atoms with E-state index >= 15 is 0 Å². The van der Waals surface area contributed by atoms with E-state index in [1.54, 1.807) is 0 Å². The zero-order valence-corrected chi connectivity index (χ0v) is 11.4. The van der Waals surface area contributed by atoms with Crippen molar-refractivity contribution in [2.75, 3.05) is 7.05 Å². The van der Waals surface area contributed by atoms with Gasteiger partial charge in [0.1, 0.15) is 0 Å². The third-order valence-electron chi connectivity index (χ3n) is 4.95. The second-order valence-electron chi connectivity index (χ2n) is 6.02. The summed E-state index contributed by atoms with van der Waals surface area (Å²) < 4.78 is 0. The highest BCUT2D eigenvalue weighted by atomic mass is 15.1. The van der Waals surface area contributed by atoms with E-state index in [9.17, 15) is 0 Å². The van der Waals surface area contributed by atoms with Gasteiger partial charge in [0.05, 0.1) is 0 Å². The largest absolute Gasteiger partial charge is 0.314 e. The van der Waals surface area contributed by atoms with Crippen molar-refractivity contribution < 1.29 is 0 Å². The van der Waals surface area contributed by atoms with Gasteiger partial charge in [-0.1, -0.05) is 37.3 Å². The Bertz CT molecular complexity index is 389. The van der Waals surface area contributed by atoms with Crippen molar-refractivity contribution >= 4 is 0 Å². The Labute approximate surface area is 110 Å². The van der Waals surface area contributed by atoms with Crippen LogP contribution in [0.15, 0.2) is 30.3 Å². The van der Waals surface area contributed by atoms with Gasteiger partial charge in [-0.2, -0.15) is 0 Å². The van der Waals surface area contributed by atoms with Crippen molar-refractivity contribution in [2.24, 2.45) is 0 Å². The van der Waals surface area contributed by atoms with Crippen molar-refractivity contribution in [1.29, 1.82) is 0 Å². The predicted octanol–water partition coefficient (Wildman–Crippen LogP) is 2.66. The van der Waals surface area contributed by atoms with Crippen LogP contribution in [0.25, 0.3) is 0 Å². The molecule has 2 aliphatic carbocycles. The molecule has 3 rings (SSSR count). The number of rotatable bonds is 5. The number of hydrogen-bond acceptors (Lipinski definition) is 2. The van der Waals surface area contributed by atoms with Crippen LogP contribution in [0, 0.1) is 0 Å². The molecule has 18 heavy (non-hydrogen) atoms. The number of hydrogen-bond donors (Lipinski definition) is 2. The number of benzene rings is 1. The predicted molar refractivity (Wildman–Crippen MR) is 75.8 cm³/mol. The third kappa shape index (κ3) is 2.19. The van der Waals surface area contributed by atoms with Crippen molar-refractivity contribution in [3.63, 3.8) is 0 Å². The van der Waals surface area contributed by atoms with Gasteiger partial charge >= 0.3 is 0 Å². The fraction of sp³-hybridized carbons (Fsp3) is 0.625. The summed E-state index contributed by atoms with van der Waals surface area (Å²) in [5.41, 5.74) is 1.93. The summed E-state index contributed by atoms with van der Waals surface area (Å²) in [4.78, 5) is 0. The Morgan fingerprint density at radius 1 is 1.22 bits per heavy atom. The Hall–Kier alpha value is -0.860. The van der Waals surface area contributed by atoms with Gasteiger partial charge in [0.2, 0.25) is 0 Å². The highest BCUT2D eigenvalue weighted by Gasteiger charge is 2.46. The Balaban J connectivity index is 1.48. The summed E-state index contributed by atoms with van der Waals surface area (Å²) in [6.45, 7) is 2.29. The molecule has 2 atom stereocenters. The molecule has 2 fully saturated rings. The maximum Gasteiger partial charge on any atom is 0.0205 e. The van der Waals surface area contributed by atoms with Gasteiger partial charge in [-0.05, 0) is 38.3 Å². The fourth-order valence-electron chi connectivity index (χ4n) is 3.42. The van der Waals surface area contributed by atoms with Gasteiger partial charge in [-0.3, -0.25) is 0 Å². The van der Waals surface area contributed by atoms with E-state index < -0.39 is 0 Å². The van der Waals surface area contributed by atoms with Crippen LogP contribution in [0.5, 0.6) is 0 Å². The van der Waals surface area contributed by atoms with E-state index in [0.29, 0.717) is 5.54 Å². The molecule has 0 amide bonds. The average molecular weight is 244 g/mol. The Morgan fingerprint density at radius 2 is 1.94 bits per heavy atom. The molecule has 1 aromatic rings. The average Bonchev–Trinajstić information content (AvgIpc) is 3.14. The van der Waals surface area contributed by atoms with Crippen LogP contribution in [-0.4, -0.2) is 24.7 Å². The van der Waals surface area contributed by atoms with Crippen molar-refractivity contribution in [1.82, 2.24) is 10.6 Å². The van der Waals surface area contributed by atoms with Crippen LogP contribution in [0.2, 0.25) is 0 Å². The smallest absolute Gasteiger partial charge is 0.0205 e. The van der Waals surface area contributed by atoms with E-state index in [-0.39, 0.29) is 0 Å². The minimum atomic E-state index is 0.425. The van der Waals surface area contributed by atoms with Gasteiger partial charge in [-0.15, -0.1) is 0 Å². The minimum Gasteiger partial charge on any atom is -0.314 e. The van der Waals surface area contributed by atoms with E-state index in [0.717, 1.165) is 18.0 Å². The lowest BCUT2D eigenvalue weighted by Crippen LogP contribution is -2.60. The first kappa shape index (κ1) is 12.2. The highest BCUT2D eigenvalue weighted by Crippen LogP contribution is 2.43. The van der Waals surface area contributed by atoms with Gasteiger partial charge < -0.3 is 10.6 Å². The lowest BCUT2D eigenvalue weighted by atomic mass is 9.71. The van der Waals surface area contributed by atoms with E-state index in [1.807, 2.05) is 0 Å². The molecule has 0 aromatic heterocycles. The molecular weight excluding hydrogens is 220 g/mol. The minimum absolute atomic E-state index is 0.425. The molecule has 98 valence electrons. The second-order valence-corrected chi connectivity index (χ2v) is 6.02. The van der Waals surface area contributed by atoms with Crippen LogP contribution in [0.3, 0.4) is 0 Å². The topological polar surface area (TPSA) is 24.1 Å². The Morgan fingerprint density at radius 3 is 2.56 bits per heavy atom. The first-order valence-corrected chi connectivity index (χ1v) is 7.26. The molecule has 0 aliphatic heterocycles. The zero-order valence-electron chi connectivity index (χ0n) is 11.4. The maximum atomic E-state index is 3.82. The fourth-order valence-corrected chi connectivity index (χ4v) is 3.42. The first-order chi connectivity index (χ1) is 8.76. The normalized spacial score (nSPS) is 38.2. The summed E-state index contributed by atoms with van der Waals surface area (Å²) >= 11 is 0. The SMILES string of the molecule is CCC1(NC)CC(NC2CC2c2ccccc2)C1. The molecule has 0 saturated heterocycles. The quantitative estimate of drug-likeness (QED) is 0.832. The van der Waals surface area contributed by atoms with Crippen LogP contribution in [0.4, 0.5) is 0 Å². The van der Waals surface area contributed by atoms with Crippen molar-refractivity contribution in [3.05, 3.63) is 35.9 Å². The maximum absolute atomic E-state index is 3.82. The molecule has 0 bridgehead atoms. The van der Waals surface area contributed by atoms with Crippen LogP contribution >= 0.6 is 0 Å². The van der Waals surface area contributed by atoms with E-state index in [4.69, 9.17) is 0 Å². The highest BCUT2D eigenvalue weighted by molar-refractivity contribution is 5.28. The van der Waals surface area contributed by atoms with Crippen LogP contribution < -0.4 is 10.6 Å². The van der Waals surface area contributed by atoms with Crippen molar-refractivity contribution in [2.45, 2.75) is 56.1 Å². The molecule has 2 nitrogen and oxygen atoms in total. The summed E-state index contributed by atoms with van der Waals surface area (Å²) in [5.74, 6) is 0.761. The molecule has 0 heterocycles. The summed E-state index contributed by atoms with van der Waals surface area (Å²) in [6, 6.07) is 12.4. The summed E-state index contributed by atoms with van der Waals surface area (Å²) in [7, 11) is 2.10. The Kier molecular flexibility index (Phi) is 3.16.